The molecule has 0 atom stereocenters. The maximum absolute atomic E-state index is 9.58. The summed E-state index contributed by atoms with van der Waals surface area (Å²) in [5, 5.41) is 9.58. The molecule has 0 bridgehead atoms. The van der Waals surface area contributed by atoms with Crippen LogP contribution in [0.5, 0.6) is 0 Å². The van der Waals surface area contributed by atoms with Gasteiger partial charge < -0.3 is 5.11 Å². The van der Waals surface area contributed by atoms with E-state index in [1.54, 1.807) is 0 Å². The van der Waals surface area contributed by atoms with Crippen LogP contribution in [0.25, 0.3) is 16.7 Å². The van der Waals surface area contributed by atoms with E-state index in [0.717, 1.165) is 27.8 Å². The molecule has 0 amide bonds. The van der Waals surface area contributed by atoms with Gasteiger partial charge in [-0.25, -0.2) is 4.98 Å². The van der Waals surface area contributed by atoms with E-state index in [9.17, 15) is 5.11 Å². The van der Waals surface area contributed by atoms with Crippen LogP contribution in [0, 0.1) is 20.8 Å². The molecule has 3 heteroatoms. The predicted octanol–water partition coefficient (Wildman–Crippen LogP) is 3.44. The SMILES string of the molecule is Cc1ccc(-n2cnc3cc(C)c(C)cc32)c(CO)c1. The van der Waals surface area contributed by atoms with Crippen LogP contribution in [0.4, 0.5) is 0 Å². The number of hydrogen-bond donors (Lipinski definition) is 1. The Labute approximate surface area is 118 Å². The van der Waals surface area contributed by atoms with E-state index in [-0.39, 0.29) is 6.61 Å². The van der Waals surface area contributed by atoms with E-state index < -0.39 is 0 Å². The van der Waals surface area contributed by atoms with Crippen molar-refractivity contribution in [2.24, 2.45) is 0 Å². The second-order valence-corrected chi connectivity index (χ2v) is 5.33. The Morgan fingerprint density at radius 1 is 1.05 bits per heavy atom. The van der Waals surface area contributed by atoms with Gasteiger partial charge >= 0.3 is 0 Å². The van der Waals surface area contributed by atoms with E-state index in [1.165, 1.54) is 11.1 Å². The molecule has 0 spiro atoms. The summed E-state index contributed by atoms with van der Waals surface area (Å²) in [7, 11) is 0. The number of rotatable bonds is 2. The number of fused-ring (bicyclic) bond motifs is 1. The van der Waals surface area contributed by atoms with E-state index in [1.807, 2.05) is 30.0 Å². The molecular formula is C17H18N2O. The van der Waals surface area contributed by atoms with Crippen molar-refractivity contribution in [1.82, 2.24) is 9.55 Å². The lowest BCUT2D eigenvalue weighted by molar-refractivity contribution is 0.281. The van der Waals surface area contributed by atoms with Crippen molar-refractivity contribution in [2.45, 2.75) is 27.4 Å². The number of imidazole rings is 1. The van der Waals surface area contributed by atoms with E-state index >= 15 is 0 Å². The zero-order valence-corrected chi connectivity index (χ0v) is 12.0. The van der Waals surface area contributed by atoms with Gasteiger partial charge in [-0.05, 0) is 50.1 Å². The van der Waals surface area contributed by atoms with Crippen molar-refractivity contribution in [1.29, 1.82) is 0 Å². The molecule has 3 rings (SSSR count). The van der Waals surface area contributed by atoms with Gasteiger partial charge in [0.1, 0.15) is 6.33 Å². The minimum Gasteiger partial charge on any atom is -0.392 e. The van der Waals surface area contributed by atoms with Crippen LogP contribution in [0.2, 0.25) is 0 Å². The molecule has 3 nitrogen and oxygen atoms in total. The number of hydrogen-bond acceptors (Lipinski definition) is 2. The van der Waals surface area contributed by atoms with Gasteiger partial charge in [-0.2, -0.15) is 0 Å². The number of aromatic nitrogens is 2. The third kappa shape index (κ3) is 2.00. The summed E-state index contributed by atoms with van der Waals surface area (Å²) < 4.78 is 2.05. The molecule has 3 aromatic rings. The molecule has 0 aliphatic carbocycles. The van der Waals surface area contributed by atoms with Crippen molar-refractivity contribution >= 4 is 11.0 Å². The van der Waals surface area contributed by atoms with Crippen LogP contribution in [-0.4, -0.2) is 14.7 Å². The molecule has 1 heterocycles. The molecule has 0 unspecified atom stereocenters. The normalized spacial score (nSPS) is 11.2. The number of nitrogens with zero attached hydrogens (tertiary/aromatic N) is 2. The third-order valence-corrected chi connectivity index (χ3v) is 3.83. The third-order valence-electron chi connectivity index (χ3n) is 3.83. The lowest BCUT2D eigenvalue weighted by Crippen LogP contribution is -1.99. The van der Waals surface area contributed by atoms with Gasteiger partial charge in [0.2, 0.25) is 0 Å². The van der Waals surface area contributed by atoms with Crippen molar-refractivity contribution in [2.75, 3.05) is 0 Å². The van der Waals surface area contributed by atoms with Gasteiger partial charge in [0.15, 0.2) is 0 Å². The molecule has 0 aliphatic rings. The Kier molecular flexibility index (Phi) is 3.07. The van der Waals surface area contributed by atoms with E-state index in [0.29, 0.717) is 0 Å². The van der Waals surface area contributed by atoms with Gasteiger partial charge in [-0.3, -0.25) is 4.57 Å². The number of aliphatic hydroxyl groups excluding tert-OH is 1. The highest BCUT2D eigenvalue weighted by molar-refractivity contribution is 5.79. The Morgan fingerprint density at radius 2 is 1.80 bits per heavy atom. The van der Waals surface area contributed by atoms with E-state index in [4.69, 9.17) is 0 Å². The second kappa shape index (κ2) is 4.76. The average Bonchev–Trinajstić information content (AvgIpc) is 2.82. The molecule has 0 saturated carbocycles. The average molecular weight is 266 g/mol. The summed E-state index contributed by atoms with van der Waals surface area (Å²) in [6.07, 6.45) is 1.83. The molecule has 0 fully saturated rings. The highest BCUT2D eigenvalue weighted by Crippen LogP contribution is 2.24. The maximum atomic E-state index is 9.58. The fourth-order valence-electron chi connectivity index (χ4n) is 2.53. The molecule has 0 saturated heterocycles. The van der Waals surface area contributed by atoms with Gasteiger partial charge in [-0.15, -0.1) is 0 Å². The zero-order valence-electron chi connectivity index (χ0n) is 12.0. The minimum atomic E-state index is 0.0293. The van der Waals surface area contributed by atoms with Crippen LogP contribution in [0.3, 0.4) is 0 Å². The first-order chi connectivity index (χ1) is 9.60. The summed E-state index contributed by atoms with van der Waals surface area (Å²) in [6.45, 7) is 6.26. The Hall–Kier alpha value is -2.13. The quantitative estimate of drug-likeness (QED) is 0.771. The highest BCUT2D eigenvalue weighted by atomic mass is 16.3. The first kappa shape index (κ1) is 12.9. The highest BCUT2D eigenvalue weighted by Gasteiger charge is 2.10. The first-order valence-corrected chi connectivity index (χ1v) is 6.75. The fourth-order valence-corrected chi connectivity index (χ4v) is 2.53. The summed E-state index contributed by atoms with van der Waals surface area (Å²) in [4.78, 5) is 4.48. The monoisotopic (exact) mass is 266 g/mol. The van der Waals surface area contributed by atoms with Crippen LogP contribution < -0.4 is 0 Å². The van der Waals surface area contributed by atoms with Crippen molar-refractivity contribution < 1.29 is 5.11 Å². The standard InChI is InChI=1S/C17H18N2O/c1-11-4-5-16(14(6-11)9-20)19-10-18-15-7-12(2)13(3)8-17(15)19/h4-8,10,20H,9H2,1-3H3. The smallest absolute Gasteiger partial charge is 0.100 e. The lowest BCUT2D eigenvalue weighted by atomic mass is 10.1. The maximum Gasteiger partial charge on any atom is 0.100 e. The Bertz CT molecular complexity index is 787. The summed E-state index contributed by atoms with van der Waals surface area (Å²) in [5.74, 6) is 0. The number of aryl methyl sites for hydroxylation is 3. The topological polar surface area (TPSA) is 38.0 Å². The van der Waals surface area contributed by atoms with E-state index in [2.05, 4.69) is 37.0 Å². The van der Waals surface area contributed by atoms with Crippen molar-refractivity contribution in [3.8, 4) is 5.69 Å². The zero-order chi connectivity index (χ0) is 14.3. The van der Waals surface area contributed by atoms with Crippen LogP contribution in [0.1, 0.15) is 22.3 Å². The molecule has 2 aromatic carbocycles. The van der Waals surface area contributed by atoms with Crippen LogP contribution in [0.15, 0.2) is 36.7 Å². The van der Waals surface area contributed by atoms with Crippen LogP contribution >= 0.6 is 0 Å². The van der Waals surface area contributed by atoms with Crippen molar-refractivity contribution in [3.63, 3.8) is 0 Å². The van der Waals surface area contributed by atoms with Gasteiger partial charge in [0.05, 0.1) is 23.3 Å². The van der Waals surface area contributed by atoms with Crippen molar-refractivity contribution in [3.05, 3.63) is 58.9 Å². The Balaban J connectivity index is 2.27. The predicted molar refractivity (Wildman–Crippen MR) is 81.2 cm³/mol. The summed E-state index contributed by atoms with van der Waals surface area (Å²) in [6, 6.07) is 10.4. The van der Waals surface area contributed by atoms with Crippen LogP contribution in [-0.2, 0) is 6.61 Å². The molecule has 0 radical (unpaired) electrons. The molecule has 102 valence electrons. The molecular weight excluding hydrogens is 248 g/mol. The van der Waals surface area contributed by atoms with Gasteiger partial charge in [-0.1, -0.05) is 17.7 Å². The number of benzene rings is 2. The second-order valence-electron chi connectivity index (χ2n) is 5.33. The summed E-state index contributed by atoms with van der Waals surface area (Å²) in [5.41, 5.74) is 7.61. The fraction of sp³-hybridized carbons (Fsp3) is 0.235. The number of aliphatic hydroxyl groups is 1. The summed E-state index contributed by atoms with van der Waals surface area (Å²) >= 11 is 0. The van der Waals surface area contributed by atoms with Gasteiger partial charge in [0, 0.05) is 5.56 Å². The van der Waals surface area contributed by atoms with Gasteiger partial charge in [0.25, 0.3) is 0 Å². The Morgan fingerprint density at radius 3 is 2.55 bits per heavy atom. The first-order valence-electron chi connectivity index (χ1n) is 6.75. The largest absolute Gasteiger partial charge is 0.392 e. The molecule has 1 aromatic heterocycles. The molecule has 20 heavy (non-hydrogen) atoms. The minimum absolute atomic E-state index is 0.0293. The molecule has 0 aliphatic heterocycles. The lowest BCUT2D eigenvalue weighted by Gasteiger charge is -2.11. The molecule has 1 N–H and O–H groups in total.